The van der Waals surface area contributed by atoms with Gasteiger partial charge < -0.3 is 5.32 Å². The second-order valence-electron chi connectivity index (χ2n) is 9.31. The van der Waals surface area contributed by atoms with Crippen LogP contribution in [-0.4, -0.2) is 30.3 Å². The Morgan fingerprint density at radius 2 is 1.75 bits per heavy atom. The predicted molar refractivity (Wildman–Crippen MR) is 141 cm³/mol. The average Bonchev–Trinajstić information content (AvgIpc) is 3.60. The van der Waals surface area contributed by atoms with Crippen molar-refractivity contribution in [1.29, 1.82) is 0 Å². The summed E-state index contributed by atoms with van der Waals surface area (Å²) < 4.78 is 29.7. The van der Waals surface area contributed by atoms with Crippen molar-refractivity contribution in [2.75, 3.05) is 0 Å². The maximum absolute atomic E-state index is 12.8. The average molecular weight is 519 g/mol. The second-order valence-corrected chi connectivity index (χ2v) is 11.9. The lowest BCUT2D eigenvalue weighted by Gasteiger charge is -2.22. The van der Waals surface area contributed by atoms with Crippen LogP contribution in [0.1, 0.15) is 43.2 Å². The van der Waals surface area contributed by atoms with Crippen LogP contribution in [0.25, 0.3) is 27.5 Å². The number of hydrogen-bond donors (Lipinski definition) is 2. The number of amides is 2. The Kier molecular flexibility index (Phi) is 5.89. The number of nitrogens with zero attached hydrogens (tertiary/aromatic N) is 2. The van der Waals surface area contributed by atoms with E-state index >= 15 is 0 Å². The molecule has 2 heterocycles. The summed E-state index contributed by atoms with van der Waals surface area (Å²) in [4.78, 5) is 13.5. The van der Waals surface area contributed by atoms with Crippen molar-refractivity contribution in [2.45, 2.75) is 49.5 Å². The highest BCUT2D eigenvalue weighted by Gasteiger charge is 2.29. The fraction of sp³-hybridized carbons (Fsp3) is 0.259. The van der Waals surface area contributed by atoms with E-state index in [-0.39, 0.29) is 10.9 Å². The van der Waals surface area contributed by atoms with Gasteiger partial charge >= 0.3 is 6.03 Å². The van der Waals surface area contributed by atoms with Gasteiger partial charge in [-0.3, -0.25) is 0 Å². The molecule has 1 fully saturated rings. The lowest BCUT2D eigenvalue weighted by molar-refractivity contribution is 0.237. The molecule has 2 N–H and O–H groups in total. The summed E-state index contributed by atoms with van der Waals surface area (Å²) in [6, 6.07) is 18.3. The Hall–Kier alpha value is -3.43. The molecule has 0 spiro atoms. The summed E-state index contributed by atoms with van der Waals surface area (Å²) in [6.45, 7) is 0. The molecule has 2 amide bonds. The molecule has 7 nitrogen and oxygen atoms in total. The molecule has 184 valence electrons. The van der Waals surface area contributed by atoms with Crippen molar-refractivity contribution in [2.24, 2.45) is 0 Å². The first kappa shape index (κ1) is 23.0. The number of rotatable bonds is 5. The number of fused-ring (bicyclic) bond motifs is 3. The highest BCUT2D eigenvalue weighted by Crippen LogP contribution is 2.43. The Morgan fingerprint density at radius 3 is 2.50 bits per heavy atom. The number of nitrogens with one attached hydrogen (secondary N) is 2. The molecule has 4 aromatic rings. The zero-order valence-electron chi connectivity index (χ0n) is 19.6. The van der Waals surface area contributed by atoms with Gasteiger partial charge in [0.1, 0.15) is 0 Å². The van der Waals surface area contributed by atoms with E-state index in [0.29, 0.717) is 0 Å². The van der Waals surface area contributed by atoms with E-state index in [2.05, 4.69) is 28.2 Å². The van der Waals surface area contributed by atoms with Crippen LogP contribution < -0.4 is 10.0 Å². The van der Waals surface area contributed by atoms with E-state index < -0.39 is 16.1 Å². The summed E-state index contributed by atoms with van der Waals surface area (Å²) in [6.07, 6.45) is 5.83. The van der Waals surface area contributed by atoms with Crippen molar-refractivity contribution in [3.63, 3.8) is 0 Å². The van der Waals surface area contributed by atoms with Gasteiger partial charge in [0, 0.05) is 23.6 Å². The van der Waals surface area contributed by atoms with Crippen LogP contribution in [0.15, 0.2) is 70.9 Å². The standard InChI is InChI=1S/C27H26N4O3S2/c32-27(28-19-8-2-1-3-9-19)30-36(33,34)21-14-12-20(13-15-21)31-26(24-11-6-16-35-24)23-17-18-7-4-5-10-22(18)25(23)29-31/h4-7,10-16,19H,1-3,8-9,17H2,(H2,28,30,32). The molecule has 0 radical (unpaired) electrons. The molecule has 0 saturated heterocycles. The van der Waals surface area contributed by atoms with Gasteiger partial charge in [-0.15, -0.1) is 11.3 Å². The van der Waals surface area contributed by atoms with Gasteiger partial charge in [0.15, 0.2) is 0 Å². The highest BCUT2D eigenvalue weighted by molar-refractivity contribution is 7.90. The number of hydrogen-bond acceptors (Lipinski definition) is 5. The number of carbonyl (C=O) groups excluding carboxylic acids is 1. The first-order chi connectivity index (χ1) is 17.5. The minimum atomic E-state index is -3.99. The smallest absolute Gasteiger partial charge is 0.328 e. The lowest BCUT2D eigenvalue weighted by atomic mass is 9.96. The number of carbonyl (C=O) groups is 1. The van der Waals surface area contributed by atoms with E-state index in [0.717, 1.165) is 66.0 Å². The molecule has 0 unspecified atom stereocenters. The van der Waals surface area contributed by atoms with Crippen molar-refractivity contribution in [1.82, 2.24) is 19.8 Å². The molecule has 36 heavy (non-hydrogen) atoms. The third-order valence-electron chi connectivity index (χ3n) is 6.94. The SMILES string of the molecule is O=C(NC1CCCCC1)NS(=O)(=O)c1ccc(-n2nc3c(c2-c2cccs2)Cc2ccccc2-3)cc1. The van der Waals surface area contributed by atoms with Crippen molar-refractivity contribution < 1.29 is 13.2 Å². The molecule has 2 aromatic heterocycles. The van der Waals surface area contributed by atoms with Gasteiger partial charge in [0.05, 0.1) is 26.8 Å². The van der Waals surface area contributed by atoms with Crippen LogP contribution in [0.2, 0.25) is 0 Å². The number of thiophene rings is 1. The summed E-state index contributed by atoms with van der Waals surface area (Å²) >= 11 is 1.65. The largest absolute Gasteiger partial charge is 0.335 e. The third kappa shape index (κ3) is 4.22. The molecular formula is C27H26N4O3S2. The Morgan fingerprint density at radius 1 is 0.972 bits per heavy atom. The fourth-order valence-electron chi connectivity index (χ4n) is 5.19. The van der Waals surface area contributed by atoms with Gasteiger partial charge in [-0.1, -0.05) is 49.6 Å². The van der Waals surface area contributed by atoms with E-state index in [1.54, 1.807) is 23.5 Å². The molecule has 0 bridgehead atoms. The second kappa shape index (κ2) is 9.22. The van der Waals surface area contributed by atoms with Crippen molar-refractivity contribution >= 4 is 27.4 Å². The van der Waals surface area contributed by atoms with Gasteiger partial charge in [0.25, 0.3) is 10.0 Å². The Labute approximate surface area is 214 Å². The molecule has 6 rings (SSSR count). The van der Waals surface area contributed by atoms with Gasteiger partial charge in [-0.05, 0) is 54.1 Å². The quantitative estimate of drug-likeness (QED) is 0.322. The molecule has 9 heteroatoms. The summed E-state index contributed by atoms with van der Waals surface area (Å²) in [5, 5.41) is 9.79. The third-order valence-corrected chi connectivity index (χ3v) is 9.16. The monoisotopic (exact) mass is 518 g/mol. The minimum Gasteiger partial charge on any atom is -0.335 e. The van der Waals surface area contributed by atoms with Crippen molar-refractivity contribution in [3.8, 4) is 27.5 Å². The maximum atomic E-state index is 12.8. The number of sulfonamides is 1. The first-order valence-electron chi connectivity index (χ1n) is 12.2. The van der Waals surface area contributed by atoms with Crippen LogP contribution in [0, 0.1) is 0 Å². The zero-order chi connectivity index (χ0) is 24.7. The van der Waals surface area contributed by atoms with Gasteiger partial charge in [0.2, 0.25) is 0 Å². The molecule has 0 atom stereocenters. The Bertz CT molecular complexity index is 1520. The zero-order valence-corrected chi connectivity index (χ0v) is 21.2. The molecule has 2 aliphatic rings. The summed E-state index contributed by atoms with van der Waals surface area (Å²) in [5.74, 6) is 0. The van der Waals surface area contributed by atoms with E-state index in [1.165, 1.54) is 23.3 Å². The molecular weight excluding hydrogens is 492 g/mol. The number of urea groups is 1. The van der Waals surface area contributed by atoms with Crippen molar-refractivity contribution in [3.05, 3.63) is 77.2 Å². The van der Waals surface area contributed by atoms with Crippen LogP contribution in [0.3, 0.4) is 0 Å². The normalized spacial score (nSPS) is 15.3. The van der Waals surface area contributed by atoms with Gasteiger partial charge in [-0.2, -0.15) is 5.10 Å². The van der Waals surface area contributed by atoms with Gasteiger partial charge in [-0.25, -0.2) is 22.6 Å². The van der Waals surface area contributed by atoms with E-state index in [9.17, 15) is 13.2 Å². The first-order valence-corrected chi connectivity index (χ1v) is 14.5. The van der Waals surface area contributed by atoms with Crippen LogP contribution in [0.4, 0.5) is 4.79 Å². The molecule has 1 saturated carbocycles. The lowest BCUT2D eigenvalue weighted by Crippen LogP contribution is -2.45. The molecule has 0 aliphatic heterocycles. The topological polar surface area (TPSA) is 93.1 Å². The molecule has 2 aliphatic carbocycles. The maximum Gasteiger partial charge on any atom is 0.328 e. The number of aromatic nitrogens is 2. The van der Waals surface area contributed by atoms with E-state index in [4.69, 9.17) is 5.10 Å². The molecule has 2 aromatic carbocycles. The van der Waals surface area contributed by atoms with E-state index in [1.807, 2.05) is 28.3 Å². The summed E-state index contributed by atoms with van der Waals surface area (Å²) in [7, 11) is -3.99. The van der Waals surface area contributed by atoms with Crippen LogP contribution in [-0.2, 0) is 16.4 Å². The number of benzene rings is 2. The predicted octanol–water partition coefficient (Wildman–Crippen LogP) is 5.49. The highest BCUT2D eigenvalue weighted by atomic mass is 32.2. The van der Waals surface area contributed by atoms with Crippen LogP contribution >= 0.6 is 11.3 Å². The Balaban J connectivity index is 1.29. The fourth-order valence-corrected chi connectivity index (χ4v) is 6.89. The minimum absolute atomic E-state index is 0.0268. The summed E-state index contributed by atoms with van der Waals surface area (Å²) in [5.41, 5.74) is 6.33. The van der Waals surface area contributed by atoms with Crippen LogP contribution in [0.5, 0.6) is 0 Å².